The molecule has 18 heavy (non-hydrogen) atoms. The van der Waals surface area contributed by atoms with E-state index in [2.05, 4.69) is 25.1 Å². The van der Waals surface area contributed by atoms with Crippen LogP contribution in [0.15, 0.2) is 18.2 Å². The molecule has 1 aromatic carbocycles. The summed E-state index contributed by atoms with van der Waals surface area (Å²) in [5, 5.41) is 0. The molecule has 2 N–H and O–H groups in total. The van der Waals surface area contributed by atoms with E-state index in [0.29, 0.717) is 12.0 Å². The molecule has 2 heteroatoms. The highest BCUT2D eigenvalue weighted by Gasteiger charge is 2.30. The van der Waals surface area contributed by atoms with E-state index in [4.69, 9.17) is 10.5 Å². The van der Waals surface area contributed by atoms with Gasteiger partial charge in [0.1, 0.15) is 0 Å². The molecule has 3 atom stereocenters. The van der Waals surface area contributed by atoms with Crippen LogP contribution in [0.2, 0.25) is 0 Å². The first kappa shape index (κ1) is 12.2. The lowest BCUT2D eigenvalue weighted by molar-refractivity contribution is 0.0995. The normalized spacial score (nSPS) is 29.0. The Bertz CT molecular complexity index is 429. The van der Waals surface area contributed by atoms with Crippen molar-refractivity contribution in [3.05, 3.63) is 34.9 Å². The molecule has 0 aromatic heterocycles. The molecule has 3 rings (SSSR count). The smallest absolute Gasteiger partial charge is 0.0594 e. The van der Waals surface area contributed by atoms with Gasteiger partial charge in [0.05, 0.1) is 6.10 Å². The summed E-state index contributed by atoms with van der Waals surface area (Å²) in [7, 11) is 0. The van der Waals surface area contributed by atoms with Crippen molar-refractivity contribution in [3.8, 4) is 0 Å². The number of nitrogens with two attached hydrogens (primary N) is 1. The van der Waals surface area contributed by atoms with Gasteiger partial charge in [-0.15, -0.1) is 0 Å². The van der Waals surface area contributed by atoms with Crippen LogP contribution in [-0.4, -0.2) is 12.7 Å². The van der Waals surface area contributed by atoms with Gasteiger partial charge in [-0.25, -0.2) is 0 Å². The third-order valence-electron chi connectivity index (χ3n) is 4.65. The second-order valence-electron chi connectivity index (χ2n) is 5.79. The first-order chi connectivity index (χ1) is 8.75. The van der Waals surface area contributed by atoms with Crippen LogP contribution >= 0.6 is 0 Å². The highest BCUT2D eigenvalue weighted by molar-refractivity contribution is 5.35. The molecule has 3 unspecified atom stereocenters. The molecule has 0 radical (unpaired) electrons. The van der Waals surface area contributed by atoms with Crippen LogP contribution in [0.1, 0.15) is 48.9 Å². The third-order valence-corrected chi connectivity index (χ3v) is 4.65. The number of benzene rings is 1. The van der Waals surface area contributed by atoms with Crippen molar-refractivity contribution in [2.45, 2.75) is 51.2 Å². The van der Waals surface area contributed by atoms with Crippen molar-refractivity contribution in [2.75, 3.05) is 6.61 Å². The summed E-state index contributed by atoms with van der Waals surface area (Å²) in [5.74, 6) is 0.478. The molecule has 98 valence electrons. The Morgan fingerprint density at radius 2 is 2.00 bits per heavy atom. The molecule has 0 bridgehead atoms. The van der Waals surface area contributed by atoms with Gasteiger partial charge >= 0.3 is 0 Å². The summed E-state index contributed by atoms with van der Waals surface area (Å²) >= 11 is 0. The second-order valence-corrected chi connectivity index (χ2v) is 5.79. The zero-order chi connectivity index (χ0) is 12.5. The first-order valence-corrected chi connectivity index (χ1v) is 7.24. The minimum absolute atomic E-state index is 0.134. The van der Waals surface area contributed by atoms with Crippen LogP contribution in [-0.2, 0) is 17.6 Å². The van der Waals surface area contributed by atoms with E-state index in [9.17, 15) is 0 Å². The Hall–Kier alpha value is -0.860. The molecule has 1 aliphatic carbocycles. The molecule has 0 saturated carbocycles. The average molecular weight is 245 g/mol. The quantitative estimate of drug-likeness (QED) is 0.869. The van der Waals surface area contributed by atoms with E-state index in [1.807, 2.05) is 0 Å². The number of aryl methyl sites for hydroxylation is 2. The lowest BCUT2D eigenvalue weighted by atomic mass is 9.85. The van der Waals surface area contributed by atoms with Gasteiger partial charge in [0.25, 0.3) is 0 Å². The zero-order valence-electron chi connectivity index (χ0n) is 11.2. The molecule has 1 heterocycles. The summed E-state index contributed by atoms with van der Waals surface area (Å²) in [5.41, 5.74) is 10.8. The molecular weight excluding hydrogens is 222 g/mol. The maximum atomic E-state index is 6.44. The molecule has 1 aromatic rings. The molecular formula is C16H23NO. The van der Waals surface area contributed by atoms with Gasteiger partial charge < -0.3 is 10.5 Å². The van der Waals surface area contributed by atoms with Gasteiger partial charge in [0, 0.05) is 18.6 Å². The predicted molar refractivity (Wildman–Crippen MR) is 73.5 cm³/mol. The van der Waals surface area contributed by atoms with Crippen LogP contribution < -0.4 is 5.73 Å². The molecule has 1 fully saturated rings. The summed E-state index contributed by atoms with van der Waals surface area (Å²) in [6.45, 7) is 3.01. The standard InChI is InChI=1S/C16H23NO/c1-11-15(8-9-18-11)16(17)14-7-6-12-4-2-3-5-13(12)10-14/h6-7,10-11,15-16H,2-5,8-9,17H2,1H3. The van der Waals surface area contributed by atoms with Gasteiger partial charge in [-0.1, -0.05) is 18.2 Å². The Kier molecular flexibility index (Phi) is 3.40. The lowest BCUT2D eigenvalue weighted by Crippen LogP contribution is -2.26. The Labute approximate surface area is 110 Å². The first-order valence-electron chi connectivity index (χ1n) is 7.24. The van der Waals surface area contributed by atoms with Crippen molar-refractivity contribution < 1.29 is 4.74 Å². The minimum atomic E-state index is 0.134. The number of hydrogen-bond donors (Lipinski definition) is 1. The Morgan fingerprint density at radius 1 is 1.22 bits per heavy atom. The van der Waals surface area contributed by atoms with Gasteiger partial charge in [-0.3, -0.25) is 0 Å². The lowest BCUT2D eigenvalue weighted by Gasteiger charge is -2.24. The topological polar surface area (TPSA) is 35.2 Å². The molecule has 2 nitrogen and oxygen atoms in total. The Balaban J connectivity index is 1.83. The fraction of sp³-hybridized carbons (Fsp3) is 0.625. The van der Waals surface area contributed by atoms with Crippen molar-refractivity contribution >= 4 is 0 Å². The van der Waals surface area contributed by atoms with Gasteiger partial charge in [-0.2, -0.15) is 0 Å². The van der Waals surface area contributed by atoms with E-state index in [1.165, 1.54) is 42.4 Å². The average Bonchev–Trinajstić information content (AvgIpc) is 2.83. The summed E-state index contributed by atoms with van der Waals surface area (Å²) in [6.07, 6.45) is 6.54. The summed E-state index contributed by atoms with van der Waals surface area (Å²) in [6, 6.07) is 7.02. The van der Waals surface area contributed by atoms with Gasteiger partial charge in [-0.05, 0) is 55.7 Å². The number of fused-ring (bicyclic) bond motifs is 1. The Morgan fingerprint density at radius 3 is 2.72 bits per heavy atom. The van der Waals surface area contributed by atoms with E-state index >= 15 is 0 Å². The number of rotatable bonds is 2. The van der Waals surface area contributed by atoms with Gasteiger partial charge in [0.2, 0.25) is 0 Å². The maximum absolute atomic E-state index is 6.44. The molecule has 0 spiro atoms. The monoisotopic (exact) mass is 245 g/mol. The second kappa shape index (κ2) is 5.02. The van der Waals surface area contributed by atoms with E-state index in [0.717, 1.165) is 13.0 Å². The highest BCUT2D eigenvalue weighted by Crippen LogP contribution is 2.33. The van der Waals surface area contributed by atoms with E-state index in [1.54, 1.807) is 0 Å². The maximum Gasteiger partial charge on any atom is 0.0594 e. The fourth-order valence-corrected chi connectivity index (χ4v) is 3.43. The van der Waals surface area contributed by atoms with Crippen LogP contribution in [0.25, 0.3) is 0 Å². The molecule has 2 aliphatic rings. The molecule has 0 amide bonds. The van der Waals surface area contributed by atoms with Gasteiger partial charge in [0.15, 0.2) is 0 Å². The van der Waals surface area contributed by atoms with Crippen molar-refractivity contribution in [1.82, 2.24) is 0 Å². The van der Waals surface area contributed by atoms with Crippen LogP contribution in [0, 0.1) is 5.92 Å². The molecule has 1 aliphatic heterocycles. The van der Waals surface area contributed by atoms with E-state index in [-0.39, 0.29) is 6.04 Å². The predicted octanol–water partition coefficient (Wildman–Crippen LogP) is 2.99. The van der Waals surface area contributed by atoms with Crippen molar-refractivity contribution in [1.29, 1.82) is 0 Å². The SMILES string of the molecule is CC1OCCC1C(N)c1ccc2c(c1)CCCC2. The number of ether oxygens (including phenoxy) is 1. The fourth-order valence-electron chi connectivity index (χ4n) is 3.43. The summed E-state index contributed by atoms with van der Waals surface area (Å²) in [4.78, 5) is 0. The van der Waals surface area contributed by atoms with Crippen LogP contribution in [0.3, 0.4) is 0 Å². The minimum Gasteiger partial charge on any atom is -0.378 e. The largest absolute Gasteiger partial charge is 0.378 e. The zero-order valence-corrected chi connectivity index (χ0v) is 11.2. The van der Waals surface area contributed by atoms with Crippen molar-refractivity contribution in [3.63, 3.8) is 0 Å². The summed E-state index contributed by atoms with van der Waals surface area (Å²) < 4.78 is 5.64. The van der Waals surface area contributed by atoms with Crippen LogP contribution in [0.5, 0.6) is 0 Å². The van der Waals surface area contributed by atoms with Crippen LogP contribution in [0.4, 0.5) is 0 Å². The van der Waals surface area contributed by atoms with Crippen molar-refractivity contribution in [2.24, 2.45) is 11.7 Å². The number of hydrogen-bond acceptors (Lipinski definition) is 2. The molecule has 1 saturated heterocycles. The van der Waals surface area contributed by atoms with E-state index < -0.39 is 0 Å². The highest BCUT2D eigenvalue weighted by atomic mass is 16.5. The third kappa shape index (κ3) is 2.19.